The Bertz CT molecular complexity index is 426. The number of hydrogen-bond acceptors (Lipinski definition) is 4. The van der Waals surface area contributed by atoms with Crippen molar-refractivity contribution in [3.8, 4) is 11.5 Å². The van der Waals surface area contributed by atoms with Crippen molar-refractivity contribution < 1.29 is 19.7 Å². The van der Waals surface area contributed by atoms with Crippen LogP contribution in [0.1, 0.15) is 30.6 Å². The highest BCUT2D eigenvalue weighted by atomic mass is 16.5. The van der Waals surface area contributed by atoms with Gasteiger partial charge in [0.05, 0.1) is 25.9 Å². The summed E-state index contributed by atoms with van der Waals surface area (Å²) in [6.07, 6.45) is 0.0438. The first-order valence-corrected chi connectivity index (χ1v) is 5.62. The van der Waals surface area contributed by atoms with E-state index in [2.05, 4.69) is 0 Å². The fourth-order valence-corrected chi connectivity index (χ4v) is 2.51. The van der Waals surface area contributed by atoms with Gasteiger partial charge in [-0.25, -0.2) is 0 Å². The van der Waals surface area contributed by atoms with E-state index in [1.54, 1.807) is 33.3 Å². The van der Waals surface area contributed by atoms with Gasteiger partial charge in [-0.3, -0.25) is 0 Å². The molecule has 0 saturated heterocycles. The van der Waals surface area contributed by atoms with Crippen LogP contribution in [0.25, 0.3) is 0 Å². The number of rotatable bonds is 2. The van der Waals surface area contributed by atoms with Crippen molar-refractivity contribution in [3.05, 3.63) is 23.3 Å². The highest BCUT2D eigenvalue weighted by molar-refractivity contribution is 5.52. The van der Waals surface area contributed by atoms with Gasteiger partial charge in [0, 0.05) is 24.0 Å². The molecule has 2 rings (SSSR count). The number of aliphatic hydroxyl groups is 2. The highest BCUT2D eigenvalue weighted by Crippen LogP contribution is 2.44. The standard InChI is InChI=1S/C13H18O4/c1-13(15)6-8-10(16-2)4-5-11(17-3)12(8)9(14)7-13/h4-5,9,14-15H,6-7H2,1-3H3/t9-,13+/m0/s1. The normalized spacial score (nSPS) is 27.5. The van der Waals surface area contributed by atoms with Gasteiger partial charge in [-0.05, 0) is 19.1 Å². The largest absolute Gasteiger partial charge is 0.496 e. The average molecular weight is 238 g/mol. The molecule has 4 heteroatoms. The van der Waals surface area contributed by atoms with Gasteiger partial charge >= 0.3 is 0 Å². The Hall–Kier alpha value is -1.26. The second kappa shape index (κ2) is 4.20. The third kappa shape index (κ3) is 2.10. The molecule has 0 aromatic heterocycles. The summed E-state index contributed by atoms with van der Waals surface area (Å²) in [5, 5.41) is 20.3. The van der Waals surface area contributed by atoms with Gasteiger partial charge in [0.15, 0.2) is 0 Å². The summed E-state index contributed by atoms with van der Waals surface area (Å²) in [5.41, 5.74) is 0.653. The summed E-state index contributed by atoms with van der Waals surface area (Å²) in [4.78, 5) is 0. The number of methoxy groups -OCH3 is 2. The minimum Gasteiger partial charge on any atom is -0.496 e. The predicted molar refractivity (Wildman–Crippen MR) is 63.5 cm³/mol. The molecule has 1 aliphatic carbocycles. The van der Waals surface area contributed by atoms with Gasteiger partial charge in [0.25, 0.3) is 0 Å². The summed E-state index contributed by atoms with van der Waals surface area (Å²) in [7, 11) is 3.15. The molecule has 0 heterocycles. The zero-order valence-electron chi connectivity index (χ0n) is 10.4. The SMILES string of the molecule is COc1ccc(OC)c2c1C[C@@](C)(O)C[C@@H]2O. The Morgan fingerprint density at radius 1 is 1.24 bits per heavy atom. The molecule has 2 atom stereocenters. The second-order valence-electron chi connectivity index (χ2n) is 4.76. The van der Waals surface area contributed by atoms with Crippen LogP contribution in [-0.2, 0) is 6.42 Å². The molecule has 0 radical (unpaired) electrons. The molecule has 0 spiro atoms. The third-order valence-corrected chi connectivity index (χ3v) is 3.24. The van der Waals surface area contributed by atoms with Crippen LogP contribution in [0, 0.1) is 0 Å². The predicted octanol–water partition coefficient (Wildman–Crippen LogP) is 1.43. The molecular formula is C13H18O4. The molecule has 0 unspecified atom stereocenters. The van der Waals surface area contributed by atoms with E-state index in [0.29, 0.717) is 24.3 Å². The Balaban J connectivity index is 2.59. The van der Waals surface area contributed by atoms with Crippen LogP contribution >= 0.6 is 0 Å². The maximum Gasteiger partial charge on any atom is 0.125 e. The summed E-state index contributed by atoms with van der Waals surface area (Å²) in [5.74, 6) is 1.32. The van der Waals surface area contributed by atoms with Gasteiger partial charge < -0.3 is 19.7 Å². The molecule has 1 aromatic rings. The quantitative estimate of drug-likeness (QED) is 0.818. The van der Waals surface area contributed by atoms with Crippen molar-refractivity contribution in [2.75, 3.05) is 14.2 Å². The first-order valence-electron chi connectivity index (χ1n) is 5.62. The Morgan fingerprint density at radius 3 is 2.41 bits per heavy atom. The van der Waals surface area contributed by atoms with Crippen LogP contribution in [0.3, 0.4) is 0 Å². The van der Waals surface area contributed by atoms with Gasteiger partial charge in [0.1, 0.15) is 11.5 Å². The molecule has 17 heavy (non-hydrogen) atoms. The zero-order valence-corrected chi connectivity index (χ0v) is 10.4. The molecule has 4 nitrogen and oxygen atoms in total. The first-order chi connectivity index (χ1) is 7.98. The topological polar surface area (TPSA) is 58.9 Å². The summed E-state index contributed by atoms with van der Waals surface area (Å²) in [6, 6.07) is 3.58. The zero-order chi connectivity index (χ0) is 12.6. The molecule has 2 N–H and O–H groups in total. The van der Waals surface area contributed by atoms with E-state index in [1.165, 1.54) is 0 Å². The molecule has 1 aromatic carbocycles. The fourth-order valence-electron chi connectivity index (χ4n) is 2.51. The maximum atomic E-state index is 10.1. The molecule has 0 aliphatic heterocycles. The summed E-state index contributed by atoms with van der Waals surface area (Å²) < 4.78 is 10.5. The van der Waals surface area contributed by atoms with Crippen LogP contribution in [0.5, 0.6) is 11.5 Å². The lowest BCUT2D eigenvalue weighted by Crippen LogP contribution is -2.34. The molecule has 0 fully saturated rings. The Morgan fingerprint density at radius 2 is 1.82 bits per heavy atom. The van der Waals surface area contributed by atoms with Gasteiger partial charge in [0.2, 0.25) is 0 Å². The van der Waals surface area contributed by atoms with Crippen molar-refractivity contribution in [1.82, 2.24) is 0 Å². The number of hydrogen-bond donors (Lipinski definition) is 2. The molecular weight excluding hydrogens is 220 g/mol. The third-order valence-electron chi connectivity index (χ3n) is 3.24. The van der Waals surface area contributed by atoms with Crippen molar-refractivity contribution in [1.29, 1.82) is 0 Å². The van der Waals surface area contributed by atoms with Gasteiger partial charge in [-0.1, -0.05) is 0 Å². The van der Waals surface area contributed by atoms with E-state index < -0.39 is 11.7 Å². The van der Waals surface area contributed by atoms with Crippen molar-refractivity contribution in [2.45, 2.75) is 31.5 Å². The van der Waals surface area contributed by atoms with Gasteiger partial charge in [-0.2, -0.15) is 0 Å². The molecule has 94 valence electrons. The molecule has 1 aliphatic rings. The van der Waals surface area contributed by atoms with E-state index in [4.69, 9.17) is 9.47 Å². The molecule has 0 bridgehead atoms. The minimum absolute atomic E-state index is 0.309. The smallest absolute Gasteiger partial charge is 0.125 e. The van der Waals surface area contributed by atoms with Crippen LogP contribution in [0.4, 0.5) is 0 Å². The minimum atomic E-state index is -0.911. The second-order valence-corrected chi connectivity index (χ2v) is 4.76. The number of fused-ring (bicyclic) bond motifs is 1. The van der Waals surface area contributed by atoms with E-state index in [1.807, 2.05) is 0 Å². The molecule has 0 amide bonds. The van der Waals surface area contributed by atoms with E-state index in [9.17, 15) is 10.2 Å². The van der Waals surface area contributed by atoms with Crippen LogP contribution in [-0.4, -0.2) is 30.0 Å². The Kier molecular flexibility index (Phi) is 3.02. The average Bonchev–Trinajstić information content (AvgIpc) is 2.25. The number of benzene rings is 1. The monoisotopic (exact) mass is 238 g/mol. The van der Waals surface area contributed by atoms with E-state index in [0.717, 1.165) is 11.1 Å². The number of aliphatic hydroxyl groups excluding tert-OH is 1. The Labute approximate surface area is 101 Å². The van der Waals surface area contributed by atoms with Crippen LogP contribution < -0.4 is 9.47 Å². The first kappa shape index (κ1) is 12.2. The lowest BCUT2D eigenvalue weighted by atomic mass is 9.79. The van der Waals surface area contributed by atoms with E-state index >= 15 is 0 Å². The summed E-state index contributed by atoms with van der Waals surface area (Å²) in [6.45, 7) is 1.72. The van der Waals surface area contributed by atoms with Crippen molar-refractivity contribution in [2.24, 2.45) is 0 Å². The van der Waals surface area contributed by atoms with Crippen LogP contribution in [0.2, 0.25) is 0 Å². The summed E-state index contributed by atoms with van der Waals surface area (Å²) >= 11 is 0. The van der Waals surface area contributed by atoms with E-state index in [-0.39, 0.29) is 0 Å². The lowest BCUT2D eigenvalue weighted by Gasteiger charge is -2.34. The van der Waals surface area contributed by atoms with Gasteiger partial charge in [-0.15, -0.1) is 0 Å². The van der Waals surface area contributed by atoms with Crippen molar-refractivity contribution >= 4 is 0 Å². The maximum absolute atomic E-state index is 10.1. The number of ether oxygens (including phenoxy) is 2. The lowest BCUT2D eigenvalue weighted by molar-refractivity contribution is -0.00896. The van der Waals surface area contributed by atoms with Crippen LogP contribution in [0.15, 0.2) is 12.1 Å². The molecule has 0 saturated carbocycles. The highest BCUT2D eigenvalue weighted by Gasteiger charge is 2.36. The fraction of sp³-hybridized carbons (Fsp3) is 0.538. The van der Waals surface area contributed by atoms with Crippen molar-refractivity contribution in [3.63, 3.8) is 0 Å².